The summed E-state index contributed by atoms with van der Waals surface area (Å²) in [5.41, 5.74) is 5.92. The Labute approximate surface area is 263 Å². The lowest BCUT2D eigenvalue weighted by Crippen LogP contribution is -2.46. The lowest BCUT2D eigenvalue weighted by Gasteiger charge is -2.16. The number of unbranched alkanes of at least 4 members (excludes halogenated alkanes) is 18. The largest absolute Gasteiger partial charge is 0.466 e. The average Bonchev–Trinajstić information content (AvgIpc) is 2.96. The van der Waals surface area contributed by atoms with Crippen LogP contribution >= 0.6 is 7.82 Å². The number of hydrogen-bond acceptors (Lipinski definition) is 5. The van der Waals surface area contributed by atoms with Gasteiger partial charge < -0.3 is 25.5 Å². The van der Waals surface area contributed by atoms with Crippen molar-refractivity contribution in [2.45, 2.75) is 180 Å². The van der Waals surface area contributed by atoms with Crippen LogP contribution in [0.3, 0.4) is 0 Å². The predicted molar refractivity (Wildman–Crippen MR) is 179 cm³/mol. The van der Waals surface area contributed by atoms with Gasteiger partial charge in [0.2, 0.25) is 0 Å². The zero-order valence-corrected chi connectivity index (χ0v) is 28.4. The maximum atomic E-state index is 12.3. The first kappa shape index (κ1) is 44.0. The molecule has 2 atom stereocenters. The maximum absolute atomic E-state index is 12.3. The number of aliphatic hydroxyl groups excluding tert-OH is 1. The normalized spacial score (nSPS) is 13.3. The van der Waals surface area contributed by atoms with Gasteiger partial charge in [0.15, 0.2) is 11.6 Å². The zero-order chi connectivity index (χ0) is 32.6. The molecule has 0 saturated carbocycles. The molecule has 2 unspecified atom stereocenters. The molecule has 0 aliphatic heterocycles. The Bertz CT molecular complexity index is 691. The Morgan fingerprint density at radius 2 is 0.837 bits per heavy atom. The van der Waals surface area contributed by atoms with Crippen LogP contribution in [0.25, 0.3) is 0 Å². The molecular weight excluding hydrogens is 565 g/mol. The minimum atomic E-state index is -4.64. The summed E-state index contributed by atoms with van der Waals surface area (Å²) in [6, 6.07) is -1.07. The molecule has 0 aromatic rings. The van der Waals surface area contributed by atoms with Gasteiger partial charge in [-0.3, -0.25) is 9.59 Å². The van der Waals surface area contributed by atoms with Crippen molar-refractivity contribution in [1.82, 2.24) is 0 Å². The van der Waals surface area contributed by atoms with E-state index in [1.54, 1.807) is 0 Å². The molecule has 0 bridgehead atoms. The van der Waals surface area contributed by atoms with Crippen molar-refractivity contribution < 1.29 is 33.9 Å². The zero-order valence-electron chi connectivity index (χ0n) is 27.5. The van der Waals surface area contributed by atoms with Gasteiger partial charge in [0, 0.05) is 12.8 Å². The monoisotopic (exact) mass is 631 g/mol. The fourth-order valence-corrected chi connectivity index (χ4v) is 4.72. The van der Waals surface area contributed by atoms with E-state index >= 15 is 0 Å². The number of hydrogen-bond donors (Lipinski definition) is 5. The fourth-order valence-electron chi connectivity index (χ4n) is 4.72. The summed E-state index contributed by atoms with van der Waals surface area (Å²) in [4.78, 5) is 46.2. The van der Waals surface area contributed by atoms with Gasteiger partial charge in [-0.05, 0) is 64.2 Å². The summed E-state index contributed by atoms with van der Waals surface area (Å²) in [6.07, 6.45) is 34.3. The van der Waals surface area contributed by atoms with Gasteiger partial charge in [0.25, 0.3) is 0 Å². The molecule has 0 aliphatic carbocycles. The summed E-state index contributed by atoms with van der Waals surface area (Å²) in [6.45, 7) is 4.48. The Morgan fingerprint density at radius 1 is 0.558 bits per heavy atom. The molecule has 43 heavy (non-hydrogen) atoms. The van der Waals surface area contributed by atoms with Crippen molar-refractivity contribution in [3.63, 3.8) is 0 Å². The first-order valence-electron chi connectivity index (χ1n) is 17.1. The number of rotatable bonds is 29. The van der Waals surface area contributed by atoms with Crippen LogP contribution in [-0.4, -0.2) is 43.5 Å². The molecule has 0 aliphatic rings. The molecule has 0 spiro atoms. The lowest BCUT2D eigenvalue weighted by molar-refractivity contribution is -0.134. The van der Waals surface area contributed by atoms with E-state index in [0.717, 1.165) is 51.4 Å². The highest BCUT2D eigenvalue weighted by molar-refractivity contribution is 7.45. The van der Waals surface area contributed by atoms with Crippen LogP contribution in [0.5, 0.6) is 0 Å². The number of carbonyl (C=O) groups excluding carboxylic acids is 2. The highest BCUT2D eigenvalue weighted by Crippen LogP contribution is 2.25. The highest BCUT2D eigenvalue weighted by atomic mass is 31.2. The van der Waals surface area contributed by atoms with E-state index in [1.807, 2.05) is 0 Å². The van der Waals surface area contributed by atoms with E-state index in [0.29, 0.717) is 12.8 Å². The van der Waals surface area contributed by atoms with Gasteiger partial charge >= 0.3 is 7.82 Å². The molecule has 8 nitrogen and oxygen atoms in total. The van der Waals surface area contributed by atoms with E-state index in [2.05, 4.69) is 38.2 Å². The molecule has 254 valence electrons. The molecule has 0 aromatic heterocycles. The lowest BCUT2D eigenvalue weighted by atomic mass is 9.96. The van der Waals surface area contributed by atoms with Crippen molar-refractivity contribution in [3.8, 4) is 0 Å². The van der Waals surface area contributed by atoms with Crippen molar-refractivity contribution in [2.24, 2.45) is 5.73 Å². The molecule has 0 aromatic carbocycles. The minimum absolute atomic E-state index is 0.185. The molecule has 0 rings (SSSR count). The van der Waals surface area contributed by atoms with Crippen molar-refractivity contribution in [3.05, 3.63) is 24.3 Å². The van der Waals surface area contributed by atoms with E-state index < -0.39 is 20.0 Å². The number of carbonyl (C=O) groups is 2. The van der Waals surface area contributed by atoms with Gasteiger partial charge in [-0.25, -0.2) is 4.57 Å². The summed E-state index contributed by atoms with van der Waals surface area (Å²) < 4.78 is 8.88. The van der Waals surface area contributed by atoms with E-state index in [1.165, 1.54) is 89.9 Å². The molecule has 0 radical (unpaired) electrons. The second kappa shape index (κ2) is 32.2. The number of ketones is 2. The van der Waals surface area contributed by atoms with E-state index in [-0.39, 0.29) is 11.6 Å². The Kier molecular flexibility index (Phi) is 33.0. The maximum Gasteiger partial charge on any atom is 0.466 e. The summed E-state index contributed by atoms with van der Waals surface area (Å²) in [7, 11) is -4.64. The van der Waals surface area contributed by atoms with Crippen LogP contribution in [0.1, 0.15) is 168 Å². The first-order valence-corrected chi connectivity index (χ1v) is 18.7. The van der Waals surface area contributed by atoms with Gasteiger partial charge in [-0.15, -0.1) is 0 Å². The van der Waals surface area contributed by atoms with Crippen LogP contribution in [0.2, 0.25) is 0 Å². The number of allylic oxidation sites excluding steroid dienone is 4. The fraction of sp³-hybridized carbons (Fsp3) is 0.824. The second-order valence-electron chi connectivity index (χ2n) is 11.7. The molecule has 0 fully saturated rings. The SMILES string of the molecule is CCCCCC/C=C\CCCCCCCC(=O)C(N)C(O)C(=O)CCCCCCC/C=C\CCCCCC.O=P(O)(O)O. The Hall–Kier alpha value is -1.15. The third-order valence-electron chi connectivity index (χ3n) is 7.41. The topological polar surface area (TPSA) is 158 Å². The highest BCUT2D eigenvalue weighted by Gasteiger charge is 2.27. The van der Waals surface area contributed by atoms with Crippen molar-refractivity contribution >= 4 is 19.4 Å². The van der Waals surface area contributed by atoms with Crippen LogP contribution in [0, 0.1) is 0 Å². The van der Waals surface area contributed by atoms with Gasteiger partial charge in [0.1, 0.15) is 6.10 Å². The minimum Gasteiger partial charge on any atom is -0.383 e. The quantitative estimate of drug-likeness (QED) is 0.0313. The van der Waals surface area contributed by atoms with Crippen molar-refractivity contribution in [2.75, 3.05) is 0 Å². The Balaban J connectivity index is 0. The van der Waals surface area contributed by atoms with E-state index in [4.69, 9.17) is 25.0 Å². The molecule has 9 heteroatoms. The molecule has 0 heterocycles. The molecule has 6 N–H and O–H groups in total. The Morgan fingerprint density at radius 3 is 1.19 bits per heavy atom. The second-order valence-corrected chi connectivity index (χ2v) is 12.7. The van der Waals surface area contributed by atoms with Crippen LogP contribution in [-0.2, 0) is 14.2 Å². The average molecular weight is 632 g/mol. The standard InChI is InChI=1S/C34H63NO3.H3O4P/c1-3-5-7-9-11-13-15-17-19-21-23-25-27-29-31(36)33(35)34(38)32(37)30-28-26-24-22-20-18-16-14-12-10-8-6-4-2;1-5(2,3)4/h13-16,33-34,38H,3-12,17-30,35H2,1-2H3;(H3,1,2,3,4)/b15-13-,16-14-;. The molecular formula is C34H66NO7P. The van der Waals surface area contributed by atoms with E-state index in [9.17, 15) is 14.7 Å². The summed E-state index contributed by atoms with van der Waals surface area (Å²) in [5, 5.41) is 10.2. The van der Waals surface area contributed by atoms with Gasteiger partial charge in [-0.2, -0.15) is 0 Å². The summed E-state index contributed by atoms with van der Waals surface area (Å²) in [5.74, 6) is -0.467. The number of Topliss-reactive ketones (excluding diaryl/α,β-unsaturated/α-hetero) is 2. The van der Waals surface area contributed by atoms with Gasteiger partial charge in [0.05, 0.1) is 6.04 Å². The molecule has 0 amide bonds. The third kappa shape index (κ3) is 36.9. The third-order valence-corrected chi connectivity index (χ3v) is 7.41. The number of aliphatic hydroxyl groups is 1. The molecule has 0 saturated heterocycles. The smallest absolute Gasteiger partial charge is 0.383 e. The number of phosphoric acid groups is 1. The predicted octanol–water partition coefficient (Wildman–Crippen LogP) is 8.40. The van der Waals surface area contributed by atoms with Crippen LogP contribution in [0.4, 0.5) is 0 Å². The van der Waals surface area contributed by atoms with Gasteiger partial charge in [-0.1, -0.05) is 115 Å². The van der Waals surface area contributed by atoms with Crippen LogP contribution in [0.15, 0.2) is 24.3 Å². The number of nitrogens with two attached hydrogens (primary N) is 1. The van der Waals surface area contributed by atoms with Crippen LogP contribution < -0.4 is 5.73 Å². The van der Waals surface area contributed by atoms with Crippen molar-refractivity contribution in [1.29, 1.82) is 0 Å². The summed E-state index contributed by atoms with van der Waals surface area (Å²) >= 11 is 0. The first-order chi connectivity index (χ1) is 20.5.